The van der Waals surface area contributed by atoms with Gasteiger partial charge in [-0.05, 0) is 49.8 Å². The summed E-state index contributed by atoms with van der Waals surface area (Å²) in [6.07, 6.45) is 2.11. The largest absolute Gasteiger partial charge is 0.369 e. The van der Waals surface area contributed by atoms with Crippen LogP contribution in [0.5, 0.6) is 0 Å². The number of hydrogen-bond acceptors (Lipinski definition) is 4. The Morgan fingerprint density at radius 2 is 1.77 bits per heavy atom. The average molecular weight is 426 g/mol. The Bertz CT molecular complexity index is 918. The fourth-order valence-electron chi connectivity index (χ4n) is 4.56. The normalized spacial score (nSPS) is 22.9. The molecule has 3 heterocycles. The number of benzene rings is 1. The second-order valence-electron chi connectivity index (χ2n) is 8.21. The van der Waals surface area contributed by atoms with E-state index >= 15 is 0 Å². The van der Waals surface area contributed by atoms with E-state index in [9.17, 15) is 14.4 Å². The van der Waals surface area contributed by atoms with Crippen LogP contribution in [0.4, 0.5) is 5.69 Å². The molecule has 0 radical (unpaired) electrons. The summed E-state index contributed by atoms with van der Waals surface area (Å²) in [5, 5.41) is 1.99. The molecule has 0 aliphatic carbocycles. The molecule has 0 saturated carbocycles. The summed E-state index contributed by atoms with van der Waals surface area (Å²) < 4.78 is 0. The quantitative estimate of drug-likeness (QED) is 0.816. The van der Waals surface area contributed by atoms with Crippen molar-refractivity contribution in [3.63, 3.8) is 0 Å². The minimum Gasteiger partial charge on any atom is -0.369 e. The van der Waals surface area contributed by atoms with Gasteiger partial charge in [0.25, 0.3) is 0 Å². The summed E-state index contributed by atoms with van der Waals surface area (Å²) in [4.78, 5) is 42.7. The van der Waals surface area contributed by atoms with E-state index in [0.717, 1.165) is 16.1 Å². The van der Waals surface area contributed by atoms with Crippen LogP contribution in [0.3, 0.4) is 0 Å². The van der Waals surface area contributed by atoms with Gasteiger partial charge in [0.05, 0.1) is 12.0 Å². The molecule has 7 heteroatoms. The predicted octanol–water partition coefficient (Wildman–Crippen LogP) is 3.26. The van der Waals surface area contributed by atoms with E-state index < -0.39 is 0 Å². The molecule has 2 aliphatic rings. The lowest BCUT2D eigenvalue weighted by molar-refractivity contribution is -0.141. The van der Waals surface area contributed by atoms with Crippen molar-refractivity contribution in [2.24, 2.45) is 17.6 Å². The van der Waals surface area contributed by atoms with E-state index in [2.05, 4.69) is 0 Å². The van der Waals surface area contributed by atoms with Crippen molar-refractivity contribution < 1.29 is 14.4 Å². The van der Waals surface area contributed by atoms with Gasteiger partial charge >= 0.3 is 0 Å². The molecule has 2 aliphatic heterocycles. The van der Waals surface area contributed by atoms with Crippen molar-refractivity contribution in [2.75, 3.05) is 18.0 Å². The van der Waals surface area contributed by atoms with E-state index in [-0.39, 0.29) is 35.6 Å². The Balaban J connectivity index is 1.63. The molecule has 30 heavy (non-hydrogen) atoms. The third-order valence-electron chi connectivity index (χ3n) is 6.27. The first kappa shape index (κ1) is 20.6. The maximum absolute atomic E-state index is 13.5. The smallest absolute Gasteiger partial charge is 0.228 e. The number of anilines is 1. The fraction of sp³-hybridized carbons (Fsp3) is 0.435. The number of piperidine rings is 2. The summed E-state index contributed by atoms with van der Waals surface area (Å²) in [6, 6.07) is 11.6. The number of aryl methyl sites for hydroxylation is 1. The highest BCUT2D eigenvalue weighted by Crippen LogP contribution is 2.42. The number of amides is 3. The van der Waals surface area contributed by atoms with Gasteiger partial charge in [-0.15, -0.1) is 11.3 Å². The summed E-state index contributed by atoms with van der Waals surface area (Å²) in [5.41, 5.74) is 7.39. The van der Waals surface area contributed by atoms with Gasteiger partial charge in [-0.1, -0.05) is 23.8 Å². The molecule has 3 amide bonds. The molecule has 4 rings (SSSR count). The van der Waals surface area contributed by atoms with Gasteiger partial charge in [-0.2, -0.15) is 0 Å². The van der Waals surface area contributed by atoms with E-state index in [1.54, 1.807) is 11.3 Å². The van der Waals surface area contributed by atoms with Crippen LogP contribution < -0.4 is 10.6 Å². The number of primary amides is 1. The Hall–Kier alpha value is -2.67. The summed E-state index contributed by atoms with van der Waals surface area (Å²) in [6.45, 7) is 3.09. The first-order chi connectivity index (χ1) is 14.5. The number of carbonyl (C=O) groups excluding carboxylic acids is 3. The lowest BCUT2D eigenvalue weighted by atomic mass is 9.85. The Morgan fingerprint density at radius 1 is 1.07 bits per heavy atom. The first-order valence-electron chi connectivity index (χ1n) is 10.5. The van der Waals surface area contributed by atoms with Crippen molar-refractivity contribution in [1.82, 2.24) is 4.90 Å². The zero-order chi connectivity index (χ0) is 21.3. The van der Waals surface area contributed by atoms with Gasteiger partial charge in [0.15, 0.2) is 0 Å². The molecule has 1 aromatic carbocycles. The highest BCUT2D eigenvalue weighted by atomic mass is 32.1. The number of nitrogens with two attached hydrogens (primary N) is 1. The molecule has 2 N–H and O–H groups in total. The van der Waals surface area contributed by atoms with Crippen LogP contribution in [0, 0.1) is 18.8 Å². The van der Waals surface area contributed by atoms with Crippen LogP contribution in [0.1, 0.15) is 42.2 Å². The number of likely N-dealkylation sites (tertiary alicyclic amines) is 1. The third-order valence-corrected chi connectivity index (χ3v) is 7.21. The highest BCUT2D eigenvalue weighted by Gasteiger charge is 2.44. The minimum atomic E-state index is -0.310. The maximum atomic E-state index is 13.5. The molecule has 2 fully saturated rings. The number of rotatable bonds is 4. The van der Waals surface area contributed by atoms with E-state index in [4.69, 9.17) is 5.73 Å². The van der Waals surface area contributed by atoms with Gasteiger partial charge in [0.1, 0.15) is 0 Å². The molecule has 2 aromatic rings. The highest BCUT2D eigenvalue weighted by molar-refractivity contribution is 7.10. The van der Waals surface area contributed by atoms with E-state index in [1.165, 1.54) is 0 Å². The molecule has 0 spiro atoms. The molecular weight excluding hydrogens is 398 g/mol. The standard InChI is InChI=1S/C23H27N3O3S/c1-15-4-6-17(7-5-15)26-20(27)9-8-18(21(26)19-3-2-14-30-19)23(29)25-12-10-16(11-13-25)22(24)28/h2-7,14,16,18,21H,8-13H2,1H3,(H2,24,28)/t18-,21+/m1/s1. The Kier molecular flexibility index (Phi) is 5.90. The van der Waals surface area contributed by atoms with Crippen LogP contribution in [0.2, 0.25) is 0 Å². The molecule has 2 atom stereocenters. The Morgan fingerprint density at radius 3 is 2.37 bits per heavy atom. The van der Waals surface area contributed by atoms with E-state index in [1.807, 2.05) is 58.5 Å². The van der Waals surface area contributed by atoms with E-state index in [0.29, 0.717) is 38.8 Å². The fourth-order valence-corrected chi connectivity index (χ4v) is 5.45. The Labute approximate surface area is 180 Å². The van der Waals surface area contributed by atoms with Crippen molar-refractivity contribution in [1.29, 1.82) is 0 Å². The number of carbonyl (C=O) groups is 3. The van der Waals surface area contributed by atoms with Gasteiger partial charge in [0, 0.05) is 36.0 Å². The van der Waals surface area contributed by atoms with Gasteiger partial charge in [-0.25, -0.2) is 0 Å². The van der Waals surface area contributed by atoms with Crippen LogP contribution in [-0.2, 0) is 14.4 Å². The van der Waals surface area contributed by atoms with Crippen LogP contribution in [0.25, 0.3) is 0 Å². The monoisotopic (exact) mass is 425 g/mol. The number of nitrogens with zero attached hydrogens (tertiary/aromatic N) is 2. The molecule has 1 aromatic heterocycles. The summed E-state index contributed by atoms with van der Waals surface area (Å²) in [7, 11) is 0. The number of thiophene rings is 1. The lowest BCUT2D eigenvalue weighted by Gasteiger charge is -2.42. The molecule has 0 bridgehead atoms. The molecular formula is C23H27N3O3S. The predicted molar refractivity (Wildman–Crippen MR) is 117 cm³/mol. The van der Waals surface area contributed by atoms with Crippen molar-refractivity contribution in [3.05, 3.63) is 52.2 Å². The average Bonchev–Trinajstić information content (AvgIpc) is 3.28. The second-order valence-corrected chi connectivity index (χ2v) is 9.19. The second kappa shape index (κ2) is 8.60. The van der Waals surface area contributed by atoms with Gasteiger partial charge in [0.2, 0.25) is 17.7 Å². The molecule has 2 saturated heterocycles. The third kappa shape index (κ3) is 3.99. The van der Waals surface area contributed by atoms with Crippen LogP contribution >= 0.6 is 11.3 Å². The SMILES string of the molecule is Cc1ccc(N2C(=O)CC[C@@H](C(=O)N3CCC(C(N)=O)CC3)[C@H]2c2cccs2)cc1. The van der Waals surface area contributed by atoms with Gasteiger partial charge < -0.3 is 15.5 Å². The first-order valence-corrected chi connectivity index (χ1v) is 11.3. The lowest BCUT2D eigenvalue weighted by Crippen LogP contribution is -2.51. The van der Waals surface area contributed by atoms with Crippen molar-refractivity contribution >= 4 is 34.7 Å². The van der Waals surface area contributed by atoms with Crippen LogP contribution in [-0.4, -0.2) is 35.7 Å². The molecule has 0 unspecified atom stereocenters. The zero-order valence-corrected chi connectivity index (χ0v) is 17.9. The minimum absolute atomic E-state index is 0.0498. The molecule has 6 nitrogen and oxygen atoms in total. The van der Waals surface area contributed by atoms with Gasteiger partial charge in [-0.3, -0.25) is 14.4 Å². The topological polar surface area (TPSA) is 83.7 Å². The summed E-state index contributed by atoms with van der Waals surface area (Å²) >= 11 is 1.58. The van der Waals surface area contributed by atoms with Crippen molar-refractivity contribution in [3.8, 4) is 0 Å². The number of hydrogen-bond donors (Lipinski definition) is 1. The van der Waals surface area contributed by atoms with Crippen molar-refractivity contribution in [2.45, 2.75) is 38.6 Å². The van der Waals surface area contributed by atoms with Crippen LogP contribution in [0.15, 0.2) is 41.8 Å². The zero-order valence-electron chi connectivity index (χ0n) is 17.1. The maximum Gasteiger partial charge on any atom is 0.228 e. The summed E-state index contributed by atoms with van der Waals surface area (Å²) in [5.74, 6) is -0.617. The molecule has 158 valence electrons.